The average molecular weight is 162 g/mol. The maximum Gasteiger partial charge on any atom is 0.117 e. The van der Waals surface area contributed by atoms with Crippen molar-refractivity contribution in [2.45, 2.75) is 45.6 Å². The van der Waals surface area contributed by atoms with Crippen molar-refractivity contribution in [3.63, 3.8) is 0 Å². The number of hydrogen-bond acceptors (Lipinski definition) is 4. The van der Waals surface area contributed by atoms with Crippen molar-refractivity contribution >= 4 is 0 Å². The third-order valence-corrected chi connectivity index (χ3v) is 1.37. The van der Waals surface area contributed by atoms with E-state index in [9.17, 15) is 0 Å². The van der Waals surface area contributed by atoms with Gasteiger partial charge in [0.15, 0.2) is 0 Å². The average Bonchev–Trinajstić information content (AvgIpc) is 2.01. The fraction of sp³-hybridized carbons (Fsp3) is 1.00. The van der Waals surface area contributed by atoms with Crippen molar-refractivity contribution in [3.05, 3.63) is 0 Å². The first-order valence-electron chi connectivity index (χ1n) is 4.07. The smallest absolute Gasteiger partial charge is 0.117 e. The minimum absolute atomic E-state index is 0.568. The molecule has 0 aromatic heterocycles. The molecule has 4 N–H and O–H groups in total. The third kappa shape index (κ3) is 6.25. The summed E-state index contributed by atoms with van der Waals surface area (Å²) in [4.78, 5) is 0. The maximum absolute atomic E-state index is 9.11. The van der Waals surface area contributed by atoms with Crippen LogP contribution in [0, 0.1) is 0 Å². The van der Waals surface area contributed by atoms with Crippen molar-refractivity contribution < 1.29 is 10.2 Å². The molecule has 11 heavy (non-hydrogen) atoms. The summed E-state index contributed by atoms with van der Waals surface area (Å²) in [7, 11) is 0. The Hall–Kier alpha value is -0.160. The van der Waals surface area contributed by atoms with Crippen molar-refractivity contribution in [1.29, 1.82) is 0 Å². The lowest BCUT2D eigenvalue weighted by atomic mass is 10.3. The minimum Gasteiger partial charge on any atom is -0.377 e. The second kappa shape index (κ2) is 6.54. The van der Waals surface area contributed by atoms with Crippen LogP contribution in [0.5, 0.6) is 0 Å². The lowest BCUT2D eigenvalue weighted by Crippen LogP contribution is -2.46. The predicted octanol–water partition coefficient (Wildman–Crippen LogP) is -0.0725. The Morgan fingerprint density at radius 3 is 2.09 bits per heavy atom. The molecule has 0 aromatic rings. The van der Waals surface area contributed by atoms with Crippen LogP contribution >= 0.6 is 0 Å². The second-order valence-corrected chi connectivity index (χ2v) is 2.52. The molecule has 0 heterocycles. The molecule has 0 radical (unpaired) electrons. The second-order valence-electron chi connectivity index (χ2n) is 2.52. The molecule has 0 aliphatic rings. The van der Waals surface area contributed by atoms with Gasteiger partial charge in [0.1, 0.15) is 12.5 Å². The van der Waals surface area contributed by atoms with Gasteiger partial charge in [0.25, 0.3) is 0 Å². The zero-order valence-corrected chi connectivity index (χ0v) is 7.17. The van der Waals surface area contributed by atoms with E-state index in [4.69, 9.17) is 10.2 Å². The van der Waals surface area contributed by atoms with Gasteiger partial charge >= 0.3 is 0 Å². The summed E-state index contributed by atoms with van der Waals surface area (Å²) in [6, 6.07) is 0. The highest BCUT2D eigenvalue weighted by Gasteiger charge is 2.02. The zero-order valence-electron chi connectivity index (χ0n) is 7.17. The van der Waals surface area contributed by atoms with Crippen molar-refractivity contribution in [3.8, 4) is 0 Å². The van der Waals surface area contributed by atoms with E-state index >= 15 is 0 Å². The summed E-state index contributed by atoms with van der Waals surface area (Å²) in [5, 5.41) is 18.1. The Bertz CT molecular complexity index is 90.5. The first-order chi connectivity index (χ1) is 5.20. The first-order valence-corrected chi connectivity index (χ1v) is 4.07. The highest BCUT2D eigenvalue weighted by Crippen LogP contribution is 1.90. The molecule has 4 heteroatoms. The van der Waals surface area contributed by atoms with E-state index in [1.807, 2.05) is 13.8 Å². The Kier molecular flexibility index (Phi) is 6.45. The van der Waals surface area contributed by atoms with Gasteiger partial charge in [-0.15, -0.1) is 0 Å². The maximum atomic E-state index is 9.11. The molecule has 4 nitrogen and oxygen atoms in total. The van der Waals surface area contributed by atoms with Gasteiger partial charge in [0.05, 0.1) is 0 Å². The number of nitrogens with one attached hydrogen (secondary N) is 2. The molecule has 0 amide bonds. The van der Waals surface area contributed by atoms with Crippen molar-refractivity contribution in [1.82, 2.24) is 10.9 Å². The predicted molar refractivity (Wildman–Crippen MR) is 43.5 cm³/mol. The van der Waals surface area contributed by atoms with Gasteiger partial charge in [-0.25, -0.2) is 10.9 Å². The summed E-state index contributed by atoms with van der Waals surface area (Å²) in [5.41, 5.74) is 5.16. The van der Waals surface area contributed by atoms with E-state index < -0.39 is 12.5 Å². The van der Waals surface area contributed by atoms with E-state index in [1.54, 1.807) is 0 Å². The van der Waals surface area contributed by atoms with Gasteiger partial charge in [0.2, 0.25) is 0 Å². The van der Waals surface area contributed by atoms with Gasteiger partial charge in [-0.2, -0.15) is 0 Å². The topological polar surface area (TPSA) is 64.5 Å². The number of aliphatic hydroxyl groups is 2. The summed E-state index contributed by atoms with van der Waals surface area (Å²) in [6.45, 7) is 3.84. The summed E-state index contributed by atoms with van der Waals surface area (Å²) < 4.78 is 0. The quantitative estimate of drug-likeness (QED) is 0.326. The molecule has 0 saturated heterocycles. The van der Waals surface area contributed by atoms with Crippen LogP contribution in [0.3, 0.4) is 0 Å². The van der Waals surface area contributed by atoms with E-state index in [1.165, 1.54) is 0 Å². The number of rotatable bonds is 6. The Morgan fingerprint density at radius 2 is 1.64 bits per heavy atom. The van der Waals surface area contributed by atoms with Gasteiger partial charge in [-0.1, -0.05) is 20.3 Å². The van der Waals surface area contributed by atoms with Gasteiger partial charge in [-0.05, 0) is 12.8 Å². The molecule has 0 aliphatic carbocycles. The van der Waals surface area contributed by atoms with E-state index in [0.29, 0.717) is 12.8 Å². The van der Waals surface area contributed by atoms with Crippen LogP contribution in [0.1, 0.15) is 33.1 Å². The van der Waals surface area contributed by atoms with Gasteiger partial charge in [-0.3, -0.25) is 0 Å². The molecular weight excluding hydrogens is 144 g/mol. The monoisotopic (exact) mass is 162 g/mol. The van der Waals surface area contributed by atoms with Gasteiger partial charge in [0, 0.05) is 0 Å². The highest BCUT2D eigenvalue weighted by molar-refractivity contribution is 4.49. The third-order valence-electron chi connectivity index (χ3n) is 1.37. The van der Waals surface area contributed by atoms with E-state index in [2.05, 4.69) is 10.9 Å². The summed E-state index contributed by atoms with van der Waals surface area (Å²) in [5.74, 6) is 0. The summed E-state index contributed by atoms with van der Waals surface area (Å²) >= 11 is 0. The van der Waals surface area contributed by atoms with Gasteiger partial charge < -0.3 is 10.2 Å². The number of hydrazine groups is 1. The van der Waals surface area contributed by atoms with Crippen LogP contribution in [0.15, 0.2) is 0 Å². The Labute approximate surface area is 67.6 Å². The molecular formula is C7H18N2O2. The van der Waals surface area contributed by atoms with Crippen LogP contribution in [-0.2, 0) is 0 Å². The molecule has 0 rings (SSSR count). The fourth-order valence-electron chi connectivity index (χ4n) is 0.640. The zero-order chi connectivity index (χ0) is 8.69. The molecule has 2 atom stereocenters. The van der Waals surface area contributed by atoms with Crippen LogP contribution in [0.4, 0.5) is 0 Å². The lowest BCUT2D eigenvalue weighted by molar-refractivity contribution is 0.0504. The molecule has 2 unspecified atom stereocenters. The molecule has 0 aliphatic heterocycles. The summed E-state index contributed by atoms with van der Waals surface area (Å²) in [6.07, 6.45) is 1.07. The molecule has 0 spiro atoms. The Morgan fingerprint density at radius 1 is 1.09 bits per heavy atom. The molecule has 0 saturated carbocycles. The number of aliphatic hydroxyl groups excluding tert-OH is 2. The number of hydrogen-bond donors (Lipinski definition) is 4. The standard InChI is InChI=1S/C7H18N2O2/c1-3-5-7(11)9-8-6(10)4-2/h6-11H,3-5H2,1-2H3. The van der Waals surface area contributed by atoms with Crippen LogP contribution in [0.25, 0.3) is 0 Å². The van der Waals surface area contributed by atoms with E-state index in [0.717, 1.165) is 6.42 Å². The first kappa shape index (κ1) is 10.8. The molecule has 0 bridgehead atoms. The Balaban J connectivity index is 3.22. The molecule has 68 valence electrons. The molecule has 0 aromatic carbocycles. The largest absolute Gasteiger partial charge is 0.377 e. The van der Waals surface area contributed by atoms with Crippen LogP contribution < -0.4 is 10.9 Å². The van der Waals surface area contributed by atoms with Crippen LogP contribution in [0.2, 0.25) is 0 Å². The lowest BCUT2D eigenvalue weighted by Gasteiger charge is -2.15. The highest BCUT2D eigenvalue weighted by atomic mass is 16.3. The van der Waals surface area contributed by atoms with Crippen molar-refractivity contribution in [2.75, 3.05) is 0 Å². The van der Waals surface area contributed by atoms with E-state index in [-0.39, 0.29) is 0 Å². The minimum atomic E-state index is -0.582. The van der Waals surface area contributed by atoms with Crippen molar-refractivity contribution in [2.24, 2.45) is 0 Å². The van der Waals surface area contributed by atoms with Crippen LogP contribution in [-0.4, -0.2) is 22.7 Å². The molecule has 0 fully saturated rings. The SMILES string of the molecule is CCCC(O)NNC(O)CC. The normalized spacial score (nSPS) is 16.4. The fourth-order valence-corrected chi connectivity index (χ4v) is 0.640.